The highest BCUT2D eigenvalue weighted by Crippen LogP contribution is 2.31. The van der Waals surface area contributed by atoms with E-state index in [9.17, 15) is 8.42 Å². The number of aromatic nitrogens is 1. The number of hydrogen-bond acceptors (Lipinski definition) is 2. The average molecular weight is 340 g/mol. The highest BCUT2D eigenvalue weighted by Gasteiger charge is 2.29. The van der Waals surface area contributed by atoms with E-state index >= 15 is 0 Å². The minimum absolute atomic E-state index is 0.0634. The predicted molar refractivity (Wildman–Crippen MR) is 96.1 cm³/mol. The summed E-state index contributed by atoms with van der Waals surface area (Å²) in [6.07, 6.45) is 0.758. The van der Waals surface area contributed by atoms with Crippen molar-refractivity contribution in [1.29, 1.82) is 0 Å². The molecule has 0 amide bonds. The summed E-state index contributed by atoms with van der Waals surface area (Å²) < 4.78 is 29.5. The first-order valence-electron chi connectivity index (χ1n) is 8.13. The summed E-state index contributed by atoms with van der Waals surface area (Å²) >= 11 is 0. The summed E-state index contributed by atoms with van der Waals surface area (Å²) in [5.41, 5.74) is 4.41. The maximum absolute atomic E-state index is 12.8. The van der Waals surface area contributed by atoms with Crippen LogP contribution in [0.3, 0.4) is 0 Å². The SMILES string of the molecule is Cn1c2c(c3ccccc31)CN(S(=O)(=O)Cc1ccccc1)CC2. The zero-order chi connectivity index (χ0) is 16.7. The Morgan fingerprint density at radius 3 is 2.50 bits per heavy atom. The molecule has 0 saturated carbocycles. The molecule has 4 rings (SSSR count). The molecule has 0 unspecified atom stereocenters. The van der Waals surface area contributed by atoms with Gasteiger partial charge in [0.05, 0.1) is 5.75 Å². The molecule has 0 aliphatic carbocycles. The Bertz CT molecular complexity index is 991. The van der Waals surface area contributed by atoms with Crippen molar-refractivity contribution < 1.29 is 8.42 Å². The van der Waals surface area contributed by atoms with E-state index in [4.69, 9.17) is 0 Å². The van der Waals surface area contributed by atoms with Crippen LogP contribution < -0.4 is 0 Å². The van der Waals surface area contributed by atoms with Gasteiger partial charge >= 0.3 is 0 Å². The molecular formula is C19H20N2O2S. The summed E-state index contributed by atoms with van der Waals surface area (Å²) in [6.45, 7) is 1.01. The third kappa shape index (κ3) is 2.54. The van der Waals surface area contributed by atoms with Gasteiger partial charge in [-0.15, -0.1) is 0 Å². The summed E-state index contributed by atoms with van der Waals surface area (Å²) in [7, 11) is -1.25. The van der Waals surface area contributed by atoms with Crippen LogP contribution in [0.15, 0.2) is 54.6 Å². The number of rotatable bonds is 3. The van der Waals surface area contributed by atoms with Gasteiger partial charge in [-0.2, -0.15) is 4.31 Å². The van der Waals surface area contributed by atoms with Crippen molar-refractivity contribution in [3.05, 3.63) is 71.4 Å². The van der Waals surface area contributed by atoms with E-state index in [1.165, 1.54) is 11.2 Å². The third-order valence-electron chi connectivity index (χ3n) is 4.86. The van der Waals surface area contributed by atoms with Crippen molar-refractivity contribution in [1.82, 2.24) is 8.87 Å². The van der Waals surface area contributed by atoms with Gasteiger partial charge in [-0.3, -0.25) is 0 Å². The molecule has 0 spiro atoms. The van der Waals surface area contributed by atoms with Crippen molar-refractivity contribution in [3.8, 4) is 0 Å². The van der Waals surface area contributed by atoms with Crippen LogP contribution in [0.4, 0.5) is 0 Å². The largest absolute Gasteiger partial charge is 0.347 e. The van der Waals surface area contributed by atoms with Crippen LogP contribution in [-0.2, 0) is 35.8 Å². The Labute approximate surface area is 142 Å². The molecule has 3 aromatic rings. The first-order chi connectivity index (χ1) is 11.6. The molecule has 1 aliphatic rings. The number of benzene rings is 2. The van der Waals surface area contributed by atoms with E-state index in [-0.39, 0.29) is 5.75 Å². The van der Waals surface area contributed by atoms with Gasteiger partial charge in [-0.1, -0.05) is 48.5 Å². The maximum Gasteiger partial charge on any atom is 0.218 e. The van der Waals surface area contributed by atoms with Gasteiger partial charge in [-0.05, 0) is 17.2 Å². The second-order valence-electron chi connectivity index (χ2n) is 6.33. The Hall–Kier alpha value is -2.11. The predicted octanol–water partition coefficient (Wildman–Crippen LogP) is 3.07. The lowest BCUT2D eigenvalue weighted by atomic mass is 10.1. The van der Waals surface area contributed by atoms with Crippen molar-refractivity contribution in [2.45, 2.75) is 18.7 Å². The van der Waals surface area contributed by atoms with Gasteiger partial charge in [0.2, 0.25) is 10.0 Å². The number of nitrogens with zero attached hydrogens (tertiary/aromatic N) is 2. The van der Waals surface area contributed by atoms with Crippen molar-refractivity contribution in [2.24, 2.45) is 7.05 Å². The zero-order valence-corrected chi connectivity index (χ0v) is 14.5. The molecule has 24 heavy (non-hydrogen) atoms. The number of sulfonamides is 1. The topological polar surface area (TPSA) is 42.3 Å². The van der Waals surface area contributed by atoms with E-state index in [1.54, 1.807) is 4.31 Å². The second kappa shape index (κ2) is 5.76. The number of aryl methyl sites for hydroxylation is 1. The van der Waals surface area contributed by atoms with Crippen LogP contribution in [-0.4, -0.2) is 23.8 Å². The Morgan fingerprint density at radius 1 is 1.00 bits per heavy atom. The number of fused-ring (bicyclic) bond motifs is 3. The van der Waals surface area contributed by atoms with Gasteiger partial charge in [0, 0.05) is 43.2 Å². The van der Waals surface area contributed by atoms with E-state index in [0.29, 0.717) is 13.1 Å². The lowest BCUT2D eigenvalue weighted by Gasteiger charge is -2.27. The van der Waals surface area contributed by atoms with E-state index in [2.05, 4.69) is 23.7 Å². The molecule has 2 heterocycles. The highest BCUT2D eigenvalue weighted by molar-refractivity contribution is 7.88. The number of hydrogen-bond donors (Lipinski definition) is 0. The first-order valence-corrected chi connectivity index (χ1v) is 9.74. The minimum atomic E-state index is -3.31. The quantitative estimate of drug-likeness (QED) is 0.735. The van der Waals surface area contributed by atoms with Crippen LogP contribution in [0.1, 0.15) is 16.8 Å². The van der Waals surface area contributed by atoms with Crippen LogP contribution in [0.2, 0.25) is 0 Å². The molecule has 5 heteroatoms. The summed E-state index contributed by atoms with van der Waals surface area (Å²) in [4.78, 5) is 0. The summed E-state index contributed by atoms with van der Waals surface area (Å²) in [6, 6.07) is 17.6. The molecule has 2 aromatic carbocycles. The standard InChI is InChI=1S/C19H20N2O2S/c1-20-18-10-6-5-9-16(18)17-13-21(12-11-19(17)20)24(22,23)14-15-7-3-2-4-8-15/h2-10H,11-14H2,1H3. The summed E-state index contributed by atoms with van der Waals surface area (Å²) in [5, 5.41) is 1.16. The van der Waals surface area contributed by atoms with E-state index in [1.807, 2.05) is 42.5 Å². The molecular weight excluding hydrogens is 320 g/mol. The van der Waals surface area contributed by atoms with Crippen LogP contribution in [0, 0.1) is 0 Å². The highest BCUT2D eigenvalue weighted by atomic mass is 32.2. The lowest BCUT2D eigenvalue weighted by Crippen LogP contribution is -2.37. The minimum Gasteiger partial charge on any atom is -0.347 e. The lowest BCUT2D eigenvalue weighted by molar-refractivity contribution is 0.387. The maximum atomic E-state index is 12.8. The molecule has 4 nitrogen and oxygen atoms in total. The monoisotopic (exact) mass is 340 g/mol. The Balaban J connectivity index is 1.68. The van der Waals surface area contributed by atoms with E-state index < -0.39 is 10.0 Å². The normalized spacial score (nSPS) is 15.5. The van der Waals surface area contributed by atoms with Crippen LogP contribution in [0.5, 0.6) is 0 Å². The van der Waals surface area contributed by atoms with Gasteiger partial charge in [0.25, 0.3) is 0 Å². The Morgan fingerprint density at radius 2 is 1.71 bits per heavy atom. The Kier molecular flexibility index (Phi) is 3.70. The molecule has 0 saturated heterocycles. The fraction of sp³-hybridized carbons (Fsp3) is 0.263. The average Bonchev–Trinajstić information content (AvgIpc) is 2.88. The fourth-order valence-corrected chi connectivity index (χ4v) is 5.11. The van der Waals surface area contributed by atoms with Gasteiger partial charge < -0.3 is 4.57 Å². The van der Waals surface area contributed by atoms with Gasteiger partial charge in [-0.25, -0.2) is 8.42 Å². The van der Waals surface area contributed by atoms with Crippen molar-refractivity contribution in [3.63, 3.8) is 0 Å². The zero-order valence-electron chi connectivity index (χ0n) is 13.6. The molecule has 0 atom stereocenters. The molecule has 1 aromatic heterocycles. The molecule has 0 bridgehead atoms. The van der Waals surface area contributed by atoms with Gasteiger partial charge in [0.15, 0.2) is 0 Å². The molecule has 124 valence electrons. The van der Waals surface area contributed by atoms with E-state index in [0.717, 1.165) is 22.9 Å². The number of para-hydroxylation sites is 1. The molecule has 0 N–H and O–H groups in total. The third-order valence-corrected chi connectivity index (χ3v) is 6.66. The molecule has 1 aliphatic heterocycles. The fourth-order valence-electron chi connectivity index (χ4n) is 3.62. The van der Waals surface area contributed by atoms with Crippen molar-refractivity contribution >= 4 is 20.9 Å². The second-order valence-corrected chi connectivity index (χ2v) is 8.30. The summed E-state index contributed by atoms with van der Waals surface area (Å²) in [5.74, 6) is 0.0634. The van der Waals surface area contributed by atoms with Crippen molar-refractivity contribution in [2.75, 3.05) is 6.54 Å². The van der Waals surface area contributed by atoms with Crippen LogP contribution >= 0.6 is 0 Å². The first kappa shape index (κ1) is 15.4. The molecule has 0 radical (unpaired) electrons. The smallest absolute Gasteiger partial charge is 0.218 e. The molecule has 0 fully saturated rings. The van der Waals surface area contributed by atoms with Crippen LogP contribution in [0.25, 0.3) is 10.9 Å². The van der Waals surface area contributed by atoms with Gasteiger partial charge in [0.1, 0.15) is 0 Å².